The zero-order valence-electron chi connectivity index (χ0n) is 10.4. The highest BCUT2D eigenvalue weighted by molar-refractivity contribution is 5.47. The second kappa shape index (κ2) is 6.77. The lowest BCUT2D eigenvalue weighted by Gasteiger charge is -2.19. The van der Waals surface area contributed by atoms with Crippen LogP contribution in [0.3, 0.4) is 0 Å². The maximum atomic E-state index is 8.59. The van der Waals surface area contributed by atoms with Gasteiger partial charge in [0.15, 0.2) is 0 Å². The first-order valence-electron chi connectivity index (χ1n) is 5.72. The van der Waals surface area contributed by atoms with Gasteiger partial charge in [-0.05, 0) is 24.2 Å². The Kier molecular flexibility index (Phi) is 5.31. The number of rotatable bonds is 6. The molecule has 2 N–H and O–H groups in total. The molecule has 1 aromatic carbocycles. The second-order valence-corrected chi connectivity index (χ2v) is 3.89. The van der Waals surface area contributed by atoms with E-state index in [1.807, 2.05) is 12.1 Å². The van der Waals surface area contributed by atoms with Gasteiger partial charge in [-0.15, -0.1) is 0 Å². The fourth-order valence-corrected chi connectivity index (χ4v) is 1.71. The van der Waals surface area contributed by atoms with Gasteiger partial charge in [0.2, 0.25) is 0 Å². The fraction of sp³-hybridized carbons (Fsp3) is 0.462. The van der Waals surface area contributed by atoms with Crippen LogP contribution in [0.5, 0.6) is 5.75 Å². The van der Waals surface area contributed by atoms with Crippen molar-refractivity contribution in [1.82, 2.24) is 4.90 Å². The average molecular weight is 233 g/mol. The SMILES string of the molecule is CCN(CCC#N)Cc1cc(N)cc(OC)c1. The Bertz CT molecular complexity index is 398. The first-order valence-corrected chi connectivity index (χ1v) is 5.72. The van der Waals surface area contributed by atoms with Gasteiger partial charge < -0.3 is 10.5 Å². The minimum Gasteiger partial charge on any atom is -0.497 e. The number of benzene rings is 1. The Morgan fingerprint density at radius 3 is 2.76 bits per heavy atom. The minimum atomic E-state index is 0.549. The Labute approximate surface area is 103 Å². The Morgan fingerprint density at radius 2 is 2.18 bits per heavy atom. The number of ether oxygens (including phenoxy) is 1. The highest BCUT2D eigenvalue weighted by Gasteiger charge is 2.05. The van der Waals surface area contributed by atoms with Crippen molar-refractivity contribution < 1.29 is 4.74 Å². The van der Waals surface area contributed by atoms with Crippen molar-refractivity contribution in [2.45, 2.75) is 19.9 Å². The van der Waals surface area contributed by atoms with E-state index in [1.165, 1.54) is 0 Å². The highest BCUT2D eigenvalue weighted by atomic mass is 16.5. The van der Waals surface area contributed by atoms with Crippen LogP contribution in [0.4, 0.5) is 5.69 Å². The predicted octanol–water partition coefficient (Wildman–Crippen LogP) is 2.01. The van der Waals surface area contributed by atoms with Gasteiger partial charge in [-0.2, -0.15) is 5.26 Å². The Balaban J connectivity index is 2.72. The summed E-state index contributed by atoms with van der Waals surface area (Å²) in [5, 5.41) is 8.59. The number of hydrogen-bond acceptors (Lipinski definition) is 4. The van der Waals surface area contributed by atoms with E-state index in [1.54, 1.807) is 13.2 Å². The summed E-state index contributed by atoms with van der Waals surface area (Å²) in [7, 11) is 1.63. The molecule has 0 unspecified atom stereocenters. The molecule has 4 nitrogen and oxygen atoms in total. The van der Waals surface area contributed by atoms with Crippen molar-refractivity contribution in [1.29, 1.82) is 5.26 Å². The first-order chi connectivity index (χ1) is 8.19. The van der Waals surface area contributed by atoms with Crippen LogP contribution in [0.25, 0.3) is 0 Å². The number of nitrogens with two attached hydrogens (primary N) is 1. The van der Waals surface area contributed by atoms with E-state index in [4.69, 9.17) is 15.7 Å². The summed E-state index contributed by atoms with van der Waals surface area (Å²) in [5.74, 6) is 0.774. The highest BCUT2D eigenvalue weighted by Crippen LogP contribution is 2.19. The van der Waals surface area contributed by atoms with Gasteiger partial charge >= 0.3 is 0 Å². The quantitative estimate of drug-likeness (QED) is 0.763. The molecule has 0 amide bonds. The molecule has 0 spiro atoms. The van der Waals surface area contributed by atoms with Crippen LogP contribution in [0.2, 0.25) is 0 Å². The smallest absolute Gasteiger partial charge is 0.121 e. The molecule has 0 aliphatic rings. The molecule has 0 aliphatic carbocycles. The third-order valence-electron chi connectivity index (χ3n) is 2.62. The van der Waals surface area contributed by atoms with Crippen LogP contribution < -0.4 is 10.5 Å². The number of nitriles is 1. The van der Waals surface area contributed by atoms with E-state index in [9.17, 15) is 0 Å². The molecule has 0 aliphatic heterocycles. The molecular weight excluding hydrogens is 214 g/mol. The summed E-state index contributed by atoms with van der Waals surface area (Å²) in [6.45, 7) is 4.57. The summed E-state index contributed by atoms with van der Waals surface area (Å²) in [6, 6.07) is 7.88. The first kappa shape index (κ1) is 13.3. The molecule has 0 atom stereocenters. The number of nitrogens with zero attached hydrogens (tertiary/aromatic N) is 2. The van der Waals surface area contributed by atoms with Gasteiger partial charge in [0.05, 0.1) is 13.2 Å². The van der Waals surface area contributed by atoms with Crippen LogP contribution >= 0.6 is 0 Å². The van der Waals surface area contributed by atoms with Gasteiger partial charge in [0.25, 0.3) is 0 Å². The molecule has 0 heterocycles. The zero-order chi connectivity index (χ0) is 12.7. The summed E-state index contributed by atoms with van der Waals surface area (Å²) in [4.78, 5) is 2.21. The number of methoxy groups -OCH3 is 1. The molecule has 4 heteroatoms. The third kappa shape index (κ3) is 4.33. The Morgan fingerprint density at radius 1 is 1.41 bits per heavy atom. The number of nitrogen functional groups attached to an aromatic ring is 1. The summed E-state index contributed by atoms with van der Waals surface area (Å²) < 4.78 is 5.18. The molecule has 0 fully saturated rings. The minimum absolute atomic E-state index is 0.549. The summed E-state index contributed by atoms with van der Waals surface area (Å²) in [5.41, 5.74) is 7.62. The van der Waals surface area contributed by atoms with Crippen molar-refractivity contribution in [2.75, 3.05) is 25.9 Å². The van der Waals surface area contributed by atoms with Crippen molar-refractivity contribution in [3.8, 4) is 11.8 Å². The zero-order valence-corrected chi connectivity index (χ0v) is 10.4. The Hall–Kier alpha value is -1.73. The predicted molar refractivity (Wildman–Crippen MR) is 68.6 cm³/mol. The van der Waals surface area contributed by atoms with Crippen LogP contribution in [0.15, 0.2) is 18.2 Å². The van der Waals surface area contributed by atoms with E-state index in [0.29, 0.717) is 12.1 Å². The van der Waals surface area contributed by atoms with Gasteiger partial charge in [-0.25, -0.2) is 0 Å². The molecule has 1 aromatic rings. The topological polar surface area (TPSA) is 62.3 Å². The average Bonchev–Trinajstić information content (AvgIpc) is 2.33. The van der Waals surface area contributed by atoms with Crippen molar-refractivity contribution in [3.05, 3.63) is 23.8 Å². The fourth-order valence-electron chi connectivity index (χ4n) is 1.71. The van der Waals surface area contributed by atoms with Crippen LogP contribution in [-0.2, 0) is 6.54 Å². The van der Waals surface area contributed by atoms with E-state index in [2.05, 4.69) is 17.9 Å². The third-order valence-corrected chi connectivity index (χ3v) is 2.62. The van der Waals surface area contributed by atoms with Crippen LogP contribution in [0.1, 0.15) is 18.9 Å². The molecular formula is C13H19N3O. The number of hydrogen-bond donors (Lipinski definition) is 1. The maximum absolute atomic E-state index is 8.59. The standard InChI is InChI=1S/C13H19N3O/c1-3-16(6-4-5-14)10-11-7-12(15)9-13(8-11)17-2/h7-9H,3-4,6,10,15H2,1-2H3. The lowest BCUT2D eigenvalue weighted by atomic mass is 10.1. The largest absolute Gasteiger partial charge is 0.497 e. The van der Waals surface area contributed by atoms with Crippen molar-refractivity contribution in [2.24, 2.45) is 0 Å². The van der Waals surface area contributed by atoms with E-state index in [0.717, 1.165) is 30.9 Å². The summed E-state index contributed by atoms with van der Waals surface area (Å²) >= 11 is 0. The van der Waals surface area contributed by atoms with E-state index < -0.39 is 0 Å². The van der Waals surface area contributed by atoms with Crippen molar-refractivity contribution in [3.63, 3.8) is 0 Å². The van der Waals surface area contributed by atoms with Gasteiger partial charge in [-0.1, -0.05) is 6.92 Å². The molecule has 1 rings (SSSR count). The lowest BCUT2D eigenvalue weighted by molar-refractivity contribution is 0.286. The molecule has 0 radical (unpaired) electrons. The normalized spacial score (nSPS) is 10.2. The molecule has 92 valence electrons. The lowest BCUT2D eigenvalue weighted by Crippen LogP contribution is -2.23. The maximum Gasteiger partial charge on any atom is 0.121 e. The molecule has 0 saturated carbocycles. The molecule has 0 aromatic heterocycles. The van der Waals surface area contributed by atoms with Gasteiger partial charge in [0, 0.05) is 31.3 Å². The second-order valence-electron chi connectivity index (χ2n) is 3.89. The van der Waals surface area contributed by atoms with Crippen LogP contribution in [-0.4, -0.2) is 25.1 Å². The van der Waals surface area contributed by atoms with Gasteiger partial charge in [0.1, 0.15) is 5.75 Å². The summed E-state index contributed by atoms with van der Waals surface area (Å²) in [6.07, 6.45) is 0.549. The molecule has 0 saturated heterocycles. The van der Waals surface area contributed by atoms with E-state index >= 15 is 0 Å². The van der Waals surface area contributed by atoms with Gasteiger partial charge in [-0.3, -0.25) is 4.90 Å². The molecule has 17 heavy (non-hydrogen) atoms. The molecule has 0 bridgehead atoms. The number of anilines is 1. The monoisotopic (exact) mass is 233 g/mol. The van der Waals surface area contributed by atoms with Crippen LogP contribution in [0, 0.1) is 11.3 Å². The van der Waals surface area contributed by atoms with E-state index in [-0.39, 0.29) is 0 Å². The van der Waals surface area contributed by atoms with Crippen molar-refractivity contribution >= 4 is 5.69 Å².